The molecule has 1 amide bonds. The summed E-state index contributed by atoms with van der Waals surface area (Å²) in [6, 6.07) is 17.8. The molecule has 5 nitrogen and oxygen atoms in total. The normalized spacial score (nSPS) is 10.9. The highest BCUT2D eigenvalue weighted by atomic mass is 32.1. The molecule has 0 aliphatic carbocycles. The van der Waals surface area contributed by atoms with Crippen molar-refractivity contribution < 1.29 is 9.53 Å². The Kier molecular flexibility index (Phi) is 5.39. The van der Waals surface area contributed by atoms with Crippen molar-refractivity contribution in [2.75, 3.05) is 7.11 Å². The number of benzene rings is 2. The molecule has 6 heteroatoms. The van der Waals surface area contributed by atoms with Gasteiger partial charge in [-0.05, 0) is 36.2 Å². The summed E-state index contributed by atoms with van der Waals surface area (Å²) in [5.74, 6) is 0.880. The van der Waals surface area contributed by atoms with Crippen LogP contribution in [0.25, 0.3) is 16.2 Å². The topological polar surface area (TPSA) is 55.6 Å². The van der Waals surface area contributed by atoms with E-state index in [-0.39, 0.29) is 5.91 Å². The highest BCUT2D eigenvalue weighted by molar-refractivity contribution is 7.15. The lowest BCUT2D eigenvalue weighted by Crippen LogP contribution is -2.23. The molecule has 0 aliphatic rings. The lowest BCUT2D eigenvalue weighted by atomic mass is 10.1. The number of carbonyl (C=O) groups excluding carboxylic acids is 1. The molecule has 0 aliphatic heterocycles. The quantitative estimate of drug-likeness (QED) is 0.510. The second kappa shape index (κ2) is 8.27. The van der Waals surface area contributed by atoms with Gasteiger partial charge in [0.2, 0.25) is 5.91 Å². The van der Waals surface area contributed by atoms with Crippen LogP contribution in [0.3, 0.4) is 0 Å². The number of ether oxygens (including phenoxy) is 1. The summed E-state index contributed by atoms with van der Waals surface area (Å²) >= 11 is 1.59. The number of hydrogen-bond donors (Lipinski definition) is 1. The van der Waals surface area contributed by atoms with Crippen LogP contribution < -0.4 is 10.1 Å². The molecular weight excluding hydrogens is 370 g/mol. The molecule has 0 saturated carbocycles. The van der Waals surface area contributed by atoms with Crippen LogP contribution in [0.1, 0.15) is 17.7 Å². The van der Waals surface area contributed by atoms with Crippen LogP contribution in [0.5, 0.6) is 5.75 Å². The Morgan fingerprint density at radius 1 is 1.14 bits per heavy atom. The Bertz CT molecular complexity index is 1070. The fourth-order valence-corrected chi connectivity index (χ4v) is 3.94. The molecule has 0 bridgehead atoms. The van der Waals surface area contributed by atoms with Gasteiger partial charge < -0.3 is 10.1 Å². The van der Waals surface area contributed by atoms with Gasteiger partial charge in [0.05, 0.1) is 12.8 Å². The molecule has 28 heavy (non-hydrogen) atoms. The molecule has 0 radical (unpaired) electrons. The Labute approximate surface area is 167 Å². The van der Waals surface area contributed by atoms with Gasteiger partial charge in [-0.25, -0.2) is 4.98 Å². The molecule has 4 rings (SSSR count). The zero-order chi connectivity index (χ0) is 19.3. The average Bonchev–Trinajstić information content (AvgIpc) is 3.33. The Balaban J connectivity index is 1.40. The van der Waals surface area contributed by atoms with Gasteiger partial charge in [0, 0.05) is 35.8 Å². The summed E-state index contributed by atoms with van der Waals surface area (Å²) in [5.41, 5.74) is 4.17. The summed E-state index contributed by atoms with van der Waals surface area (Å²) in [4.78, 5) is 17.8. The Hall–Kier alpha value is -3.12. The highest BCUT2D eigenvalue weighted by Gasteiger charge is 2.11. The van der Waals surface area contributed by atoms with E-state index in [1.807, 2.05) is 60.8 Å². The van der Waals surface area contributed by atoms with E-state index >= 15 is 0 Å². The van der Waals surface area contributed by atoms with Crippen LogP contribution in [0, 0.1) is 0 Å². The number of thiazole rings is 1. The maximum absolute atomic E-state index is 12.2. The van der Waals surface area contributed by atoms with Crippen molar-refractivity contribution in [3.05, 3.63) is 77.4 Å². The number of rotatable bonds is 7. The van der Waals surface area contributed by atoms with E-state index in [1.165, 1.54) is 0 Å². The first kappa shape index (κ1) is 18.3. The van der Waals surface area contributed by atoms with Crippen molar-refractivity contribution in [2.24, 2.45) is 0 Å². The molecule has 2 aromatic carbocycles. The van der Waals surface area contributed by atoms with Crippen molar-refractivity contribution in [3.8, 4) is 17.0 Å². The number of nitrogens with zero attached hydrogens (tertiary/aromatic N) is 2. The number of fused-ring (bicyclic) bond motifs is 1. The highest BCUT2D eigenvalue weighted by Crippen LogP contribution is 2.25. The van der Waals surface area contributed by atoms with Crippen molar-refractivity contribution in [2.45, 2.75) is 19.4 Å². The first-order chi connectivity index (χ1) is 13.7. The fourth-order valence-electron chi connectivity index (χ4n) is 3.04. The Morgan fingerprint density at radius 3 is 2.68 bits per heavy atom. The molecule has 0 spiro atoms. The third-order valence-corrected chi connectivity index (χ3v) is 5.50. The smallest absolute Gasteiger partial charge is 0.220 e. The molecule has 4 aromatic rings. The lowest BCUT2D eigenvalue weighted by Gasteiger charge is -2.05. The van der Waals surface area contributed by atoms with Crippen LogP contribution in [0.2, 0.25) is 0 Å². The van der Waals surface area contributed by atoms with E-state index in [9.17, 15) is 4.79 Å². The maximum atomic E-state index is 12.2. The van der Waals surface area contributed by atoms with E-state index in [2.05, 4.69) is 15.1 Å². The maximum Gasteiger partial charge on any atom is 0.220 e. The summed E-state index contributed by atoms with van der Waals surface area (Å²) in [6.07, 6.45) is 3.17. The molecular formula is C22H21N3O2S. The molecule has 2 heterocycles. The zero-order valence-corrected chi connectivity index (χ0v) is 16.4. The molecule has 2 aromatic heterocycles. The summed E-state index contributed by atoms with van der Waals surface area (Å²) < 4.78 is 7.29. The van der Waals surface area contributed by atoms with Gasteiger partial charge in [-0.15, -0.1) is 11.3 Å². The number of aryl methyl sites for hydroxylation is 1. The number of carbonyl (C=O) groups is 1. The standard InChI is InChI=1S/C22H21N3O2S/c1-27-19-10-7-17(8-11-19)20-14-25-18(15-28-22(25)24-20)9-12-21(26)23-13-16-5-3-2-4-6-16/h2-8,10-11,14-15H,9,12-13H2,1H3,(H,23,26). The molecule has 0 saturated heterocycles. The van der Waals surface area contributed by atoms with Crippen LogP contribution in [-0.2, 0) is 17.8 Å². The number of methoxy groups -OCH3 is 1. The van der Waals surface area contributed by atoms with E-state index in [1.54, 1.807) is 18.4 Å². The van der Waals surface area contributed by atoms with Crippen LogP contribution >= 0.6 is 11.3 Å². The largest absolute Gasteiger partial charge is 0.497 e. The van der Waals surface area contributed by atoms with E-state index in [0.717, 1.165) is 33.2 Å². The third kappa shape index (κ3) is 4.07. The van der Waals surface area contributed by atoms with Crippen LogP contribution in [0.15, 0.2) is 66.2 Å². The lowest BCUT2D eigenvalue weighted by molar-refractivity contribution is -0.121. The summed E-state index contributed by atoms with van der Waals surface area (Å²) in [6.45, 7) is 0.561. The summed E-state index contributed by atoms with van der Waals surface area (Å²) in [5, 5.41) is 5.05. The van der Waals surface area contributed by atoms with Crippen LogP contribution in [0.4, 0.5) is 0 Å². The molecule has 142 valence electrons. The number of hydrogen-bond acceptors (Lipinski definition) is 4. The van der Waals surface area contributed by atoms with Gasteiger partial charge in [-0.1, -0.05) is 30.3 Å². The predicted molar refractivity (Wildman–Crippen MR) is 112 cm³/mol. The monoisotopic (exact) mass is 391 g/mol. The van der Waals surface area contributed by atoms with Crippen molar-refractivity contribution in [1.82, 2.24) is 14.7 Å². The molecule has 1 N–H and O–H groups in total. The van der Waals surface area contributed by atoms with Gasteiger partial charge in [0.25, 0.3) is 0 Å². The molecule has 0 fully saturated rings. The fraction of sp³-hybridized carbons (Fsp3) is 0.182. The van der Waals surface area contributed by atoms with Gasteiger partial charge in [0.1, 0.15) is 5.75 Å². The summed E-state index contributed by atoms with van der Waals surface area (Å²) in [7, 11) is 1.66. The van der Waals surface area contributed by atoms with Crippen molar-refractivity contribution in [3.63, 3.8) is 0 Å². The second-order valence-corrected chi connectivity index (χ2v) is 7.33. The van der Waals surface area contributed by atoms with Gasteiger partial charge >= 0.3 is 0 Å². The Morgan fingerprint density at radius 2 is 1.93 bits per heavy atom. The third-order valence-electron chi connectivity index (χ3n) is 4.61. The number of aromatic nitrogens is 2. The zero-order valence-electron chi connectivity index (χ0n) is 15.6. The minimum absolute atomic E-state index is 0.0543. The second-order valence-electron chi connectivity index (χ2n) is 6.50. The van der Waals surface area contributed by atoms with Crippen molar-refractivity contribution in [1.29, 1.82) is 0 Å². The van der Waals surface area contributed by atoms with E-state index < -0.39 is 0 Å². The predicted octanol–water partition coefficient (Wildman–Crippen LogP) is 4.32. The number of nitrogens with one attached hydrogen (secondary N) is 1. The number of amides is 1. The number of imidazole rings is 1. The average molecular weight is 391 g/mol. The van der Waals surface area contributed by atoms with Crippen LogP contribution in [-0.4, -0.2) is 22.4 Å². The first-order valence-corrected chi connectivity index (χ1v) is 10.0. The SMILES string of the molecule is COc1ccc(-c2cn3c(CCC(=O)NCc4ccccc4)csc3n2)cc1. The first-order valence-electron chi connectivity index (χ1n) is 9.13. The van der Waals surface area contributed by atoms with Gasteiger partial charge in [-0.3, -0.25) is 9.20 Å². The molecule has 0 atom stereocenters. The van der Waals surface area contributed by atoms with Gasteiger partial charge in [-0.2, -0.15) is 0 Å². The van der Waals surface area contributed by atoms with E-state index in [4.69, 9.17) is 9.72 Å². The minimum atomic E-state index is 0.0543. The van der Waals surface area contributed by atoms with Gasteiger partial charge in [0.15, 0.2) is 4.96 Å². The van der Waals surface area contributed by atoms with Crippen molar-refractivity contribution >= 4 is 22.2 Å². The molecule has 0 unspecified atom stereocenters. The minimum Gasteiger partial charge on any atom is -0.497 e. The van der Waals surface area contributed by atoms with E-state index in [0.29, 0.717) is 19.4 Å².